The van der Waals surface area contributed by atoms with Crippen LogP contribution < -0.4 is 15.5 Å². The monoisotopic (exact) mass is 470 g/mol. The van der Waals surface area contributed by atoms with Gasteiger partial charge in [-0.2, -0.15) is 0 Å². The SMILES string of the molecule is CCNC(=NCc1ccc(C)s1)NC1CCN(c2ccccc2)C1.I. The second-order valence-corrected chi connectivity index (χ2v) is 7.49. The third-order valence-electron chi connectivity index (χ3n) is 4.18. The predicted molar refractivity (Wildman–Crippen MR) is 119 cm³/mol. The van der Waals surface area contributed by atoms with Gasteiger partial charge in [0.1, 0.15) is 0 Å². The molecule has 1 aromatic heterocycles. The van der Waals surface area contributed by atoms with E-state index >= 15 is 0 Å². The number of nitrogens with zero attached hydrogens (tertiary/aromatic N) is 2. The van der Waals surface area contributed by atoms with Crippen LogP contribution in [0.5, 0.6) is 0 Å². The maximum Gasteiger partial charge on any atom is 0.191 e. The van der Waals surface area contributed by atoms with Crippen LogP contribution in [0.3, 0.4) is 0 Å². The number of anilines is 1. The molecular weight excluding hydrogens is 443 g/mol. The highest BCUT2D eigenvalue weighted by Gasteiger charge is 2.23. The van der Waals surface area contributed by atoms with E-state index in [1.54, 1.807) is 0 Å². The molecule has 0 amide bonds. The first-order valence-corrected chi connectivity index (χ1v) is 9.46. The smallest absolute Gasteiger partial charge is 0.191 e. The molecule has 0 spiro atoms. The minimum absolute atomic E-state index is 0. The number of rotatable bonds is 5. The molecule has 6 heteroatoms. The van der Waals surface area contributed by atoms with E-state index in [2.05, 4.69) is 71.8 Å². The number of nitrogens with one attached hydrogen (secondary N) is 2. The predicted octanol–water partition coefficient (Wildman–Crippen LogP) is 4.01. The molecule has 1 aliphatic rings. The Morgan fingerprint density at radius 3 is 2.72 bits per heavy atom. The van der Waals surface area contributed by atoms with Crippen LogP contribution >= 0.6 is 35.3 Å². The fourth-order valence-corrected chi connectivity index (χ4v) is 3.81. The first-order valence-electron chi connectivity index (χ1n) is 8.64. The Balaban J connectivity index is 0.00000225. The van der Waals surface area contributed by atoms with Crippen LogP contribution in [0.1, 0.15) is 23.1 Å². The van der Waals surface area contributed by atoms with Crippen LogP contribution in [0.25, 0.3) is 0 Å². The van der Waals surface area contributed by atoms with Gasteiger partial charge in [0.05, 0.1) is 6.54 Å². The van der Waals surface area contributed by atoms with Gasteiger partial charge in [0.2, 0.25) is 0 Å². The summed E-state index contributed by atoms with van der Waals surface area (Å²) < 4.78 is 0. The Morgan fingerprint density at radius 1 is 1.24 bits per heavy atom. The van der Waals surface area contributed by atoms with Crippen molar-refractivity contribution >= 4 is 47.0 Å². The van der Waals surface area contributed by atoms with Crippen molar-refractivity contribution in [2.24, 2.45) is 4.99 Å². The fraction of sp³-hybridized carbons (Fsp3) is 0.421. The number of hydrogen-bond acceptors (Lipinski definition) is 3. The van der Waals surface area contributed by atoms with Crippen molar-refractivity contribution in [3.63, 3.8) is 0 Å². The molecule has 1 aliphatic heterocycles. The lowest BCUT2D eigenvalue weighted by molar-refractivity contribution is 0.649. The van der Waals surface area contributed by atoms with E-state index in [1.807, 2.05) is 11.3 Å². The maximum atomic E-state index is 4.74. The Kier molecular flexibility index (Phi) is 8.02. The third kappa shape index (κ3) is 5.88. The minimum Gasteiger partial charge on any atom is -0.369 e. The van der Waals surface area contributed by atoms with E-state index in [1.165, 1.54) is 15.4 Å². The lowest BCUT2D eigenvalue weighted by Gasteiger charge is -2.20. The van der Waals surface area contributed by atoms with Gasteiger partial charge in [-0.1, -0.05) is 18.2 Å². The van der Waals surface area contributed by atoms with Crippen LogP contribution in [-0.4, -0.2) is 31.6 Å². The Labute approximate surface area is 171 Å². The maximum absolute atomic E-state index is 4.74. The highest BCUT2D eigenvalue weighted by molar-refractivity contribution is 14.0. The summed E-state index contributed by atoms with van der Waals surface area (Å²) in [6, 6.07) is 15.4. The minimum atomic E-state index is 0. The van der Waals surface area contributed by atoms with Crippen molar-refractivity contribution in [3.8, 4) is 0 Å². The number of aliphatic imine (C=N–C) groups is 1. The average molecular weight is 470 g/mol. The topological polar surface area (TPSA) is 39.7 Å². The molecule has 2 aromatic rings. The van der Waals surface area contributed by atoms with E-state index in [-0.39, 0.29) is 24.0 Å². The molecule has 1 atom stereocenters. The normalized spacial score (nSPS) is 17.3. The second kappa shape index (κ2) is 10.0. The van der Waals surface area contributed by atoms with Gasteiger partial charge in [-0.25, -0.2) is 4.99 Å². The van der Waals surface area contributed by atoms with Crippen molar-refractivity contribution in [1.82, 2.24) is 10.6 Å². The number of aryl methyl sites for hydroxylation is 1. The molecule has 25 heavy (non-hydrogen) atoms. The summed E-state index contributed by atoms with van der Waals surface area (Å²) in [7, 11) is 0. The number of guanidine groups is 1. The van der Waals surface area contributed by atoms with Crippen LogP contribution in [-0.2, 0) is 6.54 Å². The molecular formula is C19H27IN4S. The summed E-state index contributed by atoms with van der Waals surface area (Å²) in [4.78, 5) is 9.83. The zero-order valence-corrected chi connectivity index (χ0v) is 18.0. The van der Waals surface area contributed by atoms with Crippen molar-refractivity contribution in [3.05, 3.63) is 52.2 Å². The van der Waals surface area contributed by atoms with Crippen molar-refractivity contribution in [2.45, 2.75) is 32.9 Å². The van der Waals surface area contributed by atoms with Crippen molar-refractivity contribution < 1.29 is 0 Å². The highest BCUT2D eigenvalue weighted by atomic mass is 127. The zero-order chi connectivity index (χ0) is 16.8. The summed E-state index contributed by atoms with van der Waals surface area (Å²) in [5.41, 5.74) is 1.30. The third-order valence-corrected chi connectivity index (χ3v) is 5.17. The van der Waals surface area contributed by atoms with Crippen molar-refractivity contribution in [1.29, 1.82) is 0 Å². The van der Waals surface area contributed by atoms with Crippen molar-refractivity contribution in [2.75, 3.05) is 24.5 Å². The van der Waals surface area contributed by atoms with Gasteiger partial charge in [0.25, 0.3) is 0 Å². The van der Waals surface area contributed by atoms with E-state index in [9.17, 15) is 0 Å². The Morgan fingerprint density at radius 2 is 2.04 bits per heavy atom. The fourth-order valence-electron chi connectivity index (χ4n) is 2.99. The van der Waals surface area contributed by atoms with Gasteiger partial charge < -0.3 is 15.5 Å². The summed E-state index contributed by atoms with van der Waals surface area (Å²) in [5.74, 6) is 0.920. The number of halogens is 1. The van der Waals surface area contributed by atoms with E-state index in [0.717, 1.165) is 38.6 Å². The lowest BCUT2D eigenvalue weighted by Crippen LogP contribution is -2.44. The van der Waals surface area contributed by atoms with Gasteiger partial charge in [-0.15, -0.1) is 35.3 Å². The zero-order valence-electron chi connectivity index (χ0n) is 14.9. The van der Waals surface area contributed by atoms with Crippen LogP contribution in [0, 0.1) is 6.92 Å². The van der Waals surface area contributed by atoms with Crippen LogP contribution in [0.4, 0.5) is 5.69 Å². The molecule has 1 saturated heterocycles. The summed E-state index contributed by atoms with van der Waals surface area (Å²) in [6.07, 6.45) is 1.14. The lowest BCUT2D eigenvalue weighted by atomic mass is 10.3. The molecule has 1 unspecified atom stereocenters. The molecule has 2 N–H and O–H groups in total. The second-order valence-electron chi connectivity index (χ2n) is 6.12. The number of thiophene rings is 1. The quantitative estimate of drug-likeness (QED) is 0.394. The van der Waals surface area contributed by atoms with Gasteiger partial charge in [0.15, 0.2) is 5.96 Å². The molecule has 0 radical (unpaired) electrons. The molecule has 0 aliphatic carbocycles. The summed E-state index contributed by atoms with van der Waals surface area (Å²) in [5, 5.41) is 6.96. The Hall–Kier alpha value is -1.28. The number of benzene rings is 1. The molecule has 4 nitrogen and oxygen atoms in total. The van der Waals surface area contributed by atoms with Crippen LogP contribution in [0.2, 0.25) is 0 Å². The van der Waals surface area contributed by atoms with E-state index in [4.69, 9.17) is 4.99 Å². The standard InChI is InChI=1S/C19H26N4S.HI/c1-3-20-19(21-13-18-10-9-15(2)24-18)22-16-11-12-23(14-16)17-7-5-4-6-8-17;/h4-10,16H,3,11-14H2,1-2H3,(H2,20,21,22);1H. The summed E-state index contributed by atoms with van der Waals surface area (Å²) >= 11 is 1.82. The van der Waals surface area contributed by atoms with Gasteiger partial charge in [-0.3, -0.25) is 0 Å². The molecule has 1 aromatic carbocycles. The molecule has 136 valence electrons. The van der Waals surface area contributed by atoms with E-state index < -0.39 is 0 Å². The number of hydrogen-bond donors (Lipinski definition) is 2. The first-order chi connectivity index (χ1) is 11.7. The average Bonchev–Trinajstić information content (AvgIpc) is 3.23. The van der Waals surface area contributed by atoms with Gasteiger partial charge in [0, 0.05) is 41.1 Å². The molecule has 2 heterocycles. The summed E-state index contributed by atoms with van der Waals surface area (Å²) in [6.45, 7) is 7.97. The largest absolute Gasteiger partial charge is 0.369 e. The molecule has 3 rings (SSSR count). The molecule has 0 bridgehead atoms. The molecule has 0 saturated carbocycles. The van der Waals surface area contributed by atoms with Crippen LogP contribution in [0.15, 0.2) is 47.5 Å². The molecule has 1 fully saturated rings. The Bertz CT molecular complexity index is 671. The number of para-hydroxylation sites is 1. The first kappa shape index (κ1) is 20.0. The van der Waals surface area contributed by atoms with Gasteiger partial charge in [-0.05, 0) is 44.5 Å². The highest BCUT2D eigenvalue weighted by Crippen LogP contribution is 2.20. The van der Waals surface area contributed by atoms with E-state index in [0.29, 0.717) is 6.04 Å². The van der Waals surface area contributed by atoms with Gasteiger partial charge >= 0.3 is 0 Å².